The fourth-order valence-corrected chi connectivity index (χ4v) is 1.67. The van der Waals surface area contributed by atoms with Crippen molar-refractivity contribution in [1.82, 2.24) is 0 Å². The standard InChI is InChI=1S/C17H14O3/c18-15-8-4-13(5-9-15)2-1-3-17(20)12-14-6-10-16(19)11-7-14/h2-11,18-19H,12H2. The van der Waals surface area contributed by atoms with Gasteiger partial charge in [-0.2, -0.15) is 0 Å². The molecule has 0 unspecified atom stereocenters. The highest BCUT2D eigenvalue weighted by molar-refractivity contribution is 5.91. The van der Waals surface area contributed by atoms with Gasteiger partial charge in [-0.05, 0) is 41.5 Å². The molecular weight excluding hydrogens is 252 g/mol. The Hall–Kier alpha value is -2.77. The first-order valence-electron chi connectivity index (χ1n) is 6.16. The summed E-state index contributed by atoms with van der Waals surface area (Å²) in [5.74, 6) is 0.323. The minimum absolute atomic E-state index is 0.0641. The Labute approximate surface area is 117 Å². The lowest BCUT2D eigenvalue weighted by Crippen LogP contribution is -1.97. The van der Waals surface area contributed by atoms with Gasteiger partial charge in [0.15, 0.2) is 5.78 Å². The highest BCUT2D eigenvalue weighted by Crippen LogP contribution is 2.11. The van der Waals surface area contributed by atoms with Gasteiger partial charge in [0.25, 0.3) is 0 Å². The van der Waals surface area contributed by atoms with Gasteiger partial charge >= 0.3 is 0 Å². The van der Waals surface area contributed by atoms with E-state index >= 15 is 0 Å². The molecule has 0 saturated carbocycles. The lowest BCUT2D eigenvalue weighted by Gasteiger charge is -1.97. The average molecular weight is 266 g/mol. The first-order valence-corrected chi connectivity index (χ1v) is 6.16. The second-order valence-corrected chi connectivity index (χ2v) is 4.36. The quantitative estimate of drug-likeness (QED) is 0.660. The van der Waals surface area contributed by atoms with E-state index in [9.17, 15) is 4.79 Å². The SMILES string of the molecule is O=C(C=C=Cc1ccc(O)cc1)Cc1ccc(O)cc1. The third kappa shape index (κ3) is 4.16. The van der Waals surface area contributed by atoms with Crippen molar-refractivity contribution in [2.45, 2.75) is 6.42 Å². The predicted molar refractivity (Wildman–Crippen MR) is 77.5 cm³/mol. The van der Waals surface area contributed by atoms with Crippen LogP contribution >= 0.6 is 0 Å². The van der Waals surface area contributed by atoms with Crippen LogP contribution in [0.4, 0.5) is 0 Å². The Kier molecular flexibility index (Phi) is 4.38. The molecule has 0 saturated heterocycles. The van der Waals surface area contributed by atoms with Crippen LogP contribution in [-0.4, -0.2) is 16.0 Å². The van der Waals surface area contributed by atoms with Crippen molar-refractivity contribution in [2.75, 3.05) is 0 Å². The number of carbonyl (C=O) groups is 1. The molecule has 0 amide bonds. The van der Waals surface area contributed by atoms with E-state index in [2.05, 4.69) is 5.73 Å². The molecule has 100 valence electrons. The van der Waals surface area contributed by atoms with Crippen LogP contribution in [-0.2, 0) is 11.2 Å². The third-order valence-electron chi connectivity index (χ3n) is 2.70. The van der Waals surface area contributed by atoms with Crippen molar-refractivity contribution >= 4 is 11.9 Å². The molecule has 2 rings (SSSR count). The number of aromatic hydroxyl groups is 2. The minimum Gasteiger partial charge on any atom is -0.508 e. The molecule has 3 nitrogen and oxygen atoms in total. The molecule has 0 aliphatic rings. The fourth-order valence-electron chi connectivity index (χ4n) is 1.67. The van der Waals surface area contributed by atoms with Crippen LogP contribution in [0, 0.1) is 0 Å². The number of benzene rings is 2. The van der Waals surface area contributed by atoms with E-state index in [1.807, 2.05) is 0 Å². The van der Waals surface area contributed by atoms with Crippen molar-refractivity contribution in [3.63, 3.8) is 0 Å². The van der Waals surface area contributed by atoms with Crippen LogP contribution in [0.1, 0.15) is 11.1 Å². The number of ketones is 1. The Morgan fingerprint density at radius 3 is 2.10 bits per heavy atom. The molecular formula is C17H14O3. The third-order valence-corrected chi connectivity index (χ3v) is 2.70. The van der Waals surface area contributed by atoms with E-state index in [0.717, 1.165) is 11.1 Å². The number of rotatable bonds is 4. The van der Waals surface area contributed by atoms with E-state index in [1.165, 1.54) is 6.08 Å². The Morgan fingerprint density at radius 2 is 1.50 bits per heavy atom. The predicted octanol–water partition coefficient (Wildman–Crippen LogP) is 3.08. The maximum atomic E-state index is 11.7. The molecule has 0 radical (unpaired) electrons. The van der Waals surface area contributed by atoms with Gasteiger partial charge in [0.05, 0.1) is 0 Å². The van der Waals surface area contributed by atoms with Crippen molar-refractivity contribution in [2.24, 2.45) is 0 Å². The summed E-state index contributed by atoms with van der Waals surface area (Å²) in [6.07, 6.45) is 3.34. The highest BCUT2D eigenvalue weighted by Gasteiger charge is 1.99. The monoisotopic (exact) mass is 266 g/mol. The summed E-state index contributed by atoms with van der Waals surface area (Å²) in [5, 5.41) is 18.3. The second kappa shape index (κ2) is 6.41. The zero-order chi connectivity index (χ0) is 14.4. The van der Waals surface area contributed by atoms with Gasteiger partial charge < -0.3 is 10.2 Å². The van der Waals surface area contributed by atoms with Gasteiger partial charge in [0, 0.05) is 12.5 Å². The van der Waals surface area contributed by atoms with E-state index in [0.29, 0.717) is 0 Å². The summed E-state index contributed by atoms with van der Waals surface area (Å²) in [5.41, 5.74) is 4.52. The number of hydrogen-bond donors (Lipinski definition) is 2. The van der Waals surface area contributed by atoms with Crippen LogP contribution in [0.15, 0.2) is 60.3 Å². The normalized spacial score (nSPS) is 9.60. The molecule has 2 aromatic carbocycles. The molecule has 0 aliphatic heterocycles. The minimum atomic E-state index is -0.0641. The van der Waals surface area contributed by atoms with Gasteiger partial charge in [-0.25, -0.2) is 0 Å². The fraction of sp³-hybridized carbons (Fsp3) is 0.0588. The van der Waals surface area contributed by atoms with Gasteiger partial charge in [0.1, 0.15) is 11.5 Å². The summed E-state index contributed by atoms with van der Waals surface area (Å²) < 4.78 is 0. The van der Waals surface area contributed by atoms with Gasteiger partial charge in [-0.3, -0.25) is 4.79 Å². The molecule has 0 aromatic heterocycles. The van der Waals surface area contributed by atoms with Gasteiger partial charge in [-0.15, -0.1) is 5.73 Å². The lowest BCUT2D eigenvalue weighted by atomic mass is 10.1. The van der Waals surface area contributed by atoms with Gasteiger partial charge in [-0.1, -0.05) is 24.3 Å². The molecule has 0 fully saturated rings. The number of carbonyl (C=O) groups excluding carboxylic acids is 1. The summed E-state index contributed by atoms with van der Waals surface area (Å²) >= 11 is 0. The van der Waals surface area contributed by atoms with Gasteiger partial charge in [0.2, 0.25) is 0 Å². The molecule has 2 aromatic rings. The van der Waals surface area contributed by atoms with Crippen molar-refractivity contribution in [3.05, 3.63) is 71.5 Å². The van der Waals surface area contributed by atoms with E-state index < -0.39 is 0 Å². The van der Waals surface area contributed by atoms with Crippen LogP contribution < -0.4 is 0 Å². The average Bonchev–Trinajstić information content (AvgIpc) is 2.44. The zero-order valence-electron chi connectivity index (χ0n) is 10.8. The summed E-state index contributed by atoms with van der Waals surface area (Å²) in [6.45, 7) is 0. The maximum absolute atomic E-state index is 11.7. The van der Waals surface area contributed by atoms with Crippen molar-refractivity contribution in [3.8, 4) is 11.5 Å². The topological polar surface area (TPSA) is 57.5 Å². The largest absolute Gasteiger partial charge is 0.508 e. The first-order chi connectivity index (χ1) is 9.63. The number of allylic oxidation sites excluding steroid dienone is 1. The van der Waals surface area contributed by atoms with Crippen LogP contribution in [0.3, 0.4) is 0 Å². The van der Waals surface area contributed by atoms with Crippen molar-refractivity contribution in [1.29, 1.82) is 0 Å². The van der Waals surface area contributed by atoms with E-state index in [1.54, 1.807) is 54.6 Å². The molecule has 3 heteroatoms. The molecule has 0 atom stereocenters. The van der Waals surface area contributed by atoms with Crippen LogP contribution in [0.5, 0.6) is 11.5 Å². The smallest absolute Gasteiger partial charge is 0.167 e. The molecule has 2 N–H and O–H groups in total. The lowest BCUT2D eigenvalue weighted by molar-refractivity contribution is -0.114. The molecule has 0 heterocycles. The van der Waals surface area contributed by atoms with Crippen LogP contribution in [0.2, 0.25) is 0 Å². The van der Waals surface area contributed by atoms with Crippen LogP contribution in [0.25, 0.3) is 6.08 Å². The first kappa shape index (κ1) is 13.7. The number of phenols is 2. The Bertz CT molecular complexity index is 646. The molecule has 0 spiro atoms. The zero-order valence-corrected chi connectivity index (χ0v) is 10.8. The van der Waals surface area contributed by atoms with E-state index in [4.69, 9.17) is 10.2 Å². The summed E-state index contributed by atoms with van der Waals surface area (Å²) in [7, 11) is 0. The molecule has 0 aliphatic carbocycles. The van der Waals surface area contributed by atoms with Crippen molar-refractivity contribution < 1.29 is 15.0 Å². The molecule has 0 bridgehead atoms. The summed E-state index contributed by atoms with van der Waals surface area (Å²) in [4.78, 5) is 11.7. The Balaban J connectivity index is 1.98. The molecule has 20 heavy (non-hydrogen) atoms. The van der Waals surface area contributed by atoms with E-state index in [-0.39, 0.29) is 23.7 Å². The second-order valence-electron chi connectivity index (χ2n) is 4.36. The highest BCUT2D eigenvalue weighted by atomic mass is 16.3. The maximum Gasteiger partial charge on any atom is 0.167 e. The summed E-state index contributed by atoms with van der Waals surface area (Å²) in [6, 6.07) is 13.2. The number of hydrogen-bond acceptors (Lipinski definition) is 3. The Morgan fingerprint density at radius 1 is 0.950 bits per heavy atom. The number of phenolic OH excluding ortho intramolecular Hbond substituents is 2.